The van der Waals surface area contributed by atoms with E-state index in [0.717, 1.165) is 18.4 Å². The third-order valence-corrected chi connectivity index (χ3v) is 2.25. The summed E-state index contributed by atoms with van der Waals surface area (Å²) in [5.74, 6) is 0.302. The number of hydrogen-bond acceptors (Lipinski definition) is 2. The zero-order valence-electron chi connectivity index (χ0n) is 9.06. The Labute approximate surface area is 101 Å². The summed E-state index contributed by atoms with van der Waals surface area (Å²) in [6.07, 6.45) is 4.87. The number of carbonyl (C=O) groups excluding carboxylic acids is 1. The fourth-order valence-corrected chi connectivity index (χ4v) is 1.33. The first kappa shape index (κ1) is 12.8. The van der Waals surface area contributed by atoms with Gasteiger partial charge in [0.15, 0.2) is 0 Å². The van der Waals surface area contributed by atoms with Gasteiger partial charge >= 0.3 is 5.97 Å². The molecule has 0 aliphatic heterocycles. The van der Waals surface area contributed by atoms with Crippen LogP contribution in [0.3, 0.4) is 0 Å². The second-order valence-electron chi connectivity index (χ2n) is 3.31. The van der Waals surface area contributed by atoms with Crippen molar-refractivity contribution >= 4 is 23.6 Å². The van der Waals surface area contributed by atoms with Crippen molar-refractivity contribution in [1.29, 1.82) is 0 Å². The van der Waals surface area contributed by atoms with Gasteiger partial charge in [0.1, 0.15) is 0 Å². The predicted molar refractivity (Wildman–Crippen MR) is 66.4 cm³/mol. The summed E-state index contributed by atoms with van der Waals surface area (Å²) in [5, 5.41) is 0. The molecule has 0 amide bonds. The molecule has 0 N–H and O–H groups in total. The van der Waals surface area contributed by atoms with Crippen LogP contribution in [0.15, 0.2) is 36.4 Å². The Morgan fingerprint density at radius 2 is 2.00 bits per heavy atom. The standard InChI is InChI=1S/C13H15ClO2/c14-10-4-5-11-16-13(15)9-8-12-6-2-1-3-7-12/h1-3,6-9H,4-5,10-11H2/b9-8+. The first-order valence-corrected chi connectivity index (χ1v) is 5.82. The highest BCUT2D eigenvalue weighted by molar-refractivity contribution is 6.17. The van der Waals surface area contributed by atoms with Crippen LogP contribution in [0.5, 0.6) is 0 Å². The molecule has 0 heterocycles. The van der Waals surface area contributed by atoms with Gasteiger partial charge in [0.25, 0.3) is 0 Å². The van der Waals surface area contributed by atoms with Crippen LogP contribution in [-0.4, -0.2) is 18.5 Å². The van der Waals surface area contributed by atoms with E-state index < -0.39 is 0 Å². The summed E-state index contributed by atoms with van der Waals surface area (Å²) >= 11 is 5.50. The van der Waals surface area contributed by atoms with Crippen LogP contribution in [0.25, 0.3) is 6.08 Å². The summed E-state index contributed by atoms with van der Waals surface area (Å²) in [7, 11) is 0. The van der Waals surface area contributed by atoms with Crippen LogP contribution < -0.4 is 0 Å². The maximum absolute atomic E-state index is 11.2. The molecular formula is C13H15ClO2. The minimum absolute atomic E-state index is 0.307. The van der Waals surface area contributed by atoms with Gasteiger partial charge in [-0.1, -0.05) is 30.3 Å². The molecule has 3 heteroatoms. The van der Waals surface area contributed by atoms with Crippen molar-refractivity contribution in [1.82, 2.24) is 0 Å². The SMILES string of the molecule is O=C(/C=C/c1ccccc1)OCCCCCl. The van der Waals surface area contributed by atoms with Gasteiger partial charge in [0.05, 0.1) is 6.61 Å². The van der Waals surface area contributed by atoms with E-state index in [1.54, 1.807) is 6.08 Å². The van der Waals surface area contributed by atoms with Gasteiger partial charge in [-0.15, -0.1) is 11.6 Å². The lowest BCUT2D eigenvalue weighted by Gasteiger charge is -1.99. The highest BCUT2D eigenvalue weighted by atomic mass is 35.5. The van der Waals surface area contributed by atoms with E-state index in [1.165, 1.54) is 6.08 Å². The molecular weight excluding hydrogens is 224 g/mol. The van der Waals surface area contributed by atoms with Crippen LogP contribution >= 0.6 is 11.6 Å². The molecule has 1 aromatic carbocycles. The van der Waals surface area contributed by atoms with Gasteiger partial charge < -0.3 is 4.74 Å². The molecule has 1 aromatic rings. The Bertz CT molecular complexity index is 333. The normalized spacial score (nSPS) is 10.6. The van der Waals surface area contributed by atoms with E-state index in [1.807, 2.05) is 30.3 Å². The van der Waals surface area contributed by atoms with Crippen LogP contribution in [0.4, 0.5) is 0 Å². The molecule has 0 aliphatic carbocycles. The van der Waals surface area contributed by atoms with E-state index in [0.29, 0.717) is 12.5 Å². The number of halogens is 1. The maximum atomic E-state index is 11.2. The third-order valence-electron chi connectivity index (χ3n) is 1.98. The van der Waals surface area contributed by atoms with Crippen molar-refractivity contribution in [3.8, 4) is 0 Å². The van der Waals surface area contributed by atoms with E-state index >= 15 is 0 Å². The van der Waals surface area contributed by atoms with Crippen LogP contribution in [0.2, 0.25) is 0 Å². The number of benzene rings is 1. The first-order valence-electron chi connectivity index (χ1n) is 5.29. The zero-order valence-corrected chi connectivity index (χ0v) is 9.82. The van der Waals surface area contributed by atoms with Gasteiger partial charge in [-0.3, -0.25) is 0 Å². The smallest absolute Gasteiger partial charge is 0.330 e. The van der Waals surface area contributed by atoms with E-state index in [2.05, 4.69) is 0 Å². The predicted octanol–water partition coefficient (Wildman–Crippen LogP) is 3.26. The lowest BCUT2D eigenvalue weighted by atomic mass is 10.2. The minimum Gasteiger partial charge on any atom is -0.463 e. The molecule has 86 valence electrons. The number of alkyl halides is 1. The van der Waals surface area contributed by atoms with E-state index in [9.17, 15) is 4.79 Å². The average molecular weight is 239 g/mol. The molecule has 0 saturated heterocycles. The molecule has 16 heavy (non-hydrogen) atoms. The Hall–Kier alpha value is -1.28. The summed E-state index contributed by atoms with van der Waals surface area (Å²) in [6.45, 7) is 0.435. The van der Waals surface area contributed by atoms with Gasteiger partial charge in [0.2, 0.25) is 0 Å². The van der Waals surface area contributed by atoms with Crippen LogP contribution in [-0.2, 0) is 9.53 Å². The van der Waals surface area contributed by atoms with Crippen molar-refractivity contribution in [3.05, 3.63) is 42.0 Å². The lowest BCUT2D eigenvalue weighted by Crippen LogP contribution is -2.02. The average Bonchev–Trinajstić information content (AvgIpc) is 2.33. The summed E-state index contributed by atoms with van der Waals surface area (Å²) in [6, 6.07) is 9.63. The lowest BCUT2D eigenvalue weighted by molar-refractivity contribution is -0.137. The second kappa shape index (κ2) is 7.94. The first-order chi connectivity index (χ1) is 7.83. The second-order valence-corrected chi connectivity index (χ2v) is 3.69. The molecule has 0 spiro atoms. The van der Waals surface area contributed by atoms with Crippen molar-refractivity contribution in [3.63, 3.8) is 0 Å². The fourth-order valence-electron chi connectivity index (χ4n) is 1.15. The highest BCUT2D eigenvalue weighted by Gasteiger charge is 1.96. The monoisotopic (exact) mass is 238 g/mol. The third kappa shape index (κ3) is 5.56. The molecule has 1 rings (SSSR count). The highest BCUT2D eigenvalue weighted by Crippen LogP contribution is 2.01. The molecule has 0 saturated carbocycles. The van der Waals surface area contributed by atoms with Crippen molar-refractivity contribution < 1.29 is 9.53 Å². The van der Waals surface area contributed by atoms with Gasteiger partial charge in [-0.05, 0) is 24.5 Å². The summed E-state index contributed by atoms with van der Waals surface area (Å²) in [5.41, 5.74) is 0.986. The van der Waals surface area contributed by atoms with Crippen LogP contribution in [0, 0.1) is 0 Å². The molecule has 2 nitrogen and oxygen atoms in total. The maximum Gasteiger partial charge on any atom is 0.330 e. The van der Waals surface area contributed by atoms with Gasteiger partial charge in [-0.25, -0.2) is 4.79 Å². The molecule has 0 fully saturated rings. The van der Waals surface area contributed by atoms with Crippen LogP contribution in [0.1, 0.15) is 18.4 Å². The molecule has 0 aliphatic rings. The summed E-state index contributed by atoms with van der Waals surface area (Å²) < 4.78 is 4.98. The summed E-state index contributed by atoms with van der Waals surface area (Å²) in [4.78, 5) is 11.2. The molecule has 0 atom stereocenters. The number of rotatable bonds is 6. The van der Waals surface area contributed by atoms with Crippen molar-refractivity contribution in [2.24, 2.45) is 0 Å². The van der Waals surface area contributed by atoms with Crippen molar-refractivity contribution in [2.45, 2.75) is 12.8 Å². The Morgan fingerprint density at radius 3 is 2.69 bits per heavy atom. The Kier molecular flexibility index (Phi) is 6.35. The molecule has 0 aromatic heterocycles. The fraction of sp³-hybridized carbons (Fsp3) is 0.308. The van der Waals surface area contributed by atoms with E-state index in [-0.39, 0.29) is 5.97 Å². The van der Waals surface area contributed by atoms with Crippen molar-refractivity contribution in [2.75, 3.05) is 12.5 Å². The number of ether oxygens (including phenoxy) is 1. The van der Waals surface area contributed by atoms with Gasteiger partial charge in [0, 0.05) is 12.0 Å². The largest absolute Gasteiger partial charge is 0.463 e. The number of carbonyl (C=O) groups is 1. The number of esters is 1. The number of unbranched alkanes of at least 4 members (excludes halogenated alkanes) is 1. The number of hydrogen-bond donors (Lipinski definition) is 0. The molecule has 0 radical (unpaired) electrons. The van der Waals surface area contributed by atoms with E-state index in [4.69, 9.17) is 16.3 Å². The minimum atomic E-state index is -0.307. The Balaban J connectivity index is 2.26. The Morgan fingerprint density at radius 1 is 1.25 bits per heavy atom. The molecule has 0 bridgehead atoms. The topological polar surface area (TPSA) is 26.3 Å². The quantitative estimate of drug-likeness (QED) is 0.329. The van der Waals surface area contributed by atoms with Gasteiger partial charge in [-0.2, -0.15) is 0 Å². The zero-order chi connectivity index (χ0) is 11.6. The molecule has 0 unspecified atom stereocenters.